The summed E-state index contributed by atoms with van der Waals surface area (Å²) in [5, 5.41) is 5.54. The van der Waals surface area contributed by atoms with Crippen LogP contribution < -0.4 is 15.4 Å². The second-order valence-electron chi connectivity index (χ2n) is 7.20. The zero-order valence-electron chi connectivity index (χ0n) is 16.4. The lowest BCUT2D eigenvalue weighted by Crippen LogP contribution is -2.46. The van der Waals surface area contributed by atoms with Crippen molar-refractivity contribution >= 4 is 27.5 Å². The smallest absolute Gasteiger partial charge is 0.241 e. The molecule has 8 heteroatoms. The summed E-state index contributed by atoms with van der Waals surface area (Å²) in [4.78, 5) is 23.7. The summed E-state index contributed by atoms with van der Waals surface area (Å²) in [5.41, 5.74) is 2.81. The molecule has 0 radical (unpaired) electrons. The number of anilines is 1. The van der Waals surface area contributed by atoms with Crippen LogP contribution in [0.4, 0.5) is 5.69 Å². The Morgan fingerprint density at radius 1 is 1.07 bits per heavy atom. The first-order chi connectivity index (χ1) is 13.8. The van der Waals surface area contributed by atoms with Crippen LogP contribution in [0.15, 0.2) is 53.4 Å². The predicted molar refractivity (Wildman–Crippen MR) is 111 cm³/mol. The van der Waals surface area contributed by atoms with E-state index in [2.05, 4.69) is 21.4 Å². The lowest BCUT2D eigenvalue weighted by Gasteiger charge is -2.27. The van der Waals surface area contributed by atoms with Gasteiger partial charge in [-0.2, -0.15) is 4.72 Å². The van der Waals surface area contributed by atoms with Gasteiger partial charge in [0.25, 0.3) is 0 Å². The molecule has 0 fully saturated rings. The SMILES string of the molecule is CC(=O)Nc1ccc(S(=O)(=O)N[C@H](C)C(=O)N[C@@H]2CCCc3ccccc32)cc1. The minimum Gasteiger partial charge on any atom is -0.348 e. The summed E-state index contributed by atoms with van der Waals surface area (Å²) in [6.45, 7) is 2.89. The van der Waals surface area contributed by atoms with Crippen molar-refractivity contribution in [3.05, 3.63) is 59.7 Å². The number of sulfonamides is 1. The highest BCUT2D eigenvalue weighted by atomic mass is 32.2. The third-order valence-corrected chi connectivity index (χ3v) is 6.45. The fraction of sp³-hybridized carbons (Fsp3) is 0.333. The fourth-order valence-corrected chi connectivity index (χ4v) is 4.68. The van der Waals surface area contributed by atoms with Gasteiger partial charge >= 0.3 is 0 Å². The van der Waals surface area contributed by atoms with Crippen LogP contribution >= 0.6 is 0 Å². The Morgan fingerprint density at radius 2 is 1.76 bits per heavy atom. The first-order valence-electron chi connectivity index (χ1n) is 9.54. The van der Waals surface area contributed by atoms with Crippen molar-refractivity contribution in [1.82, 2.24) is 10.0 Å². The van der Waals surface area contributed by atoms with Crippen molar-refractivity contribution in [1.29, 1.82) is 0 Å². The highest BCUT2D eigenvalue weighted by Gasteiger charge is 2.26. The summed E-state index contributed by atoms with van der Waals surface area (Å²) < 4.78 is 27.6. The number of hydrogen-bond donors (Lipinski definition) is 3. The fourth-order valence-electron chi connectivity index (χ4n) is 3.48. The lowest BCUT2D eigenvalue weighted by atomic mass is 9.87. The Bertz CT molecular complexity index is 1000. The molecule has 2 atom stereocenters. The quantitative estimate of drug-likeness (QED) is 0.674. The topological polar surface area (TPSA) is 104 Å². The van der Waals surface area contributed by atoms with Crippen LogP contribution in [0.5, 0.6) is 0 Å². The maximum absolute atomic E-state index is 12.6. The molecule has 0 aliphatic heterocycles. The maximum Gasteiger partial charge on any atom is 0.241 e. The predicted octanol–water partition coefficient (Wildman–Crippen LogP) is 2.51. The van der Waals surface area contributed by atoms with Crippen molar-refractivity contribution in [3.63, 3.8) is 0 Å². The van der Waals surface area contributed by atoms with Gasteiger partial charge in [-0.3, -0.25) is 9.59 Å². The second-order valence-corrected chi connectivity index (χ2v) is 8.91. The standard InChI is InChI=1S/C21H25N3O4S/c1-14(21(26)23-20-9-5-7-16-6-3-4-8-19(16)20)24-29(27,28)18-12-10-17(11-13-18)22-15(2)25/h3-4,6,8,10-14,20,24H,5,7,9H2,1-2H3,(H,22,25)(H,23,26)/t14-,20-/m1/s1. The van der Waals surface area contributed by atoms with E-state index in [1.54, 1.807) is 0 Å². The molecule has 0 bridgehead atoms. The maximum atomic E-state index is 12.6. The number of nitrogens with one attached hydrogen (secondary N) is 3. The Kier molecular flexibility index (Phi) is 6.34. The largest absolute Gasteiger partial charge is 0.348 e. The molecule has 0 aromatic heterocycles. The summed E-state index contributed by atoms with van der Waals surface area (Å²) in [5.74, 6) is -0.613. The number of benzene rings is 2. The van der Waals surface area contributed by atoms with Crippen LogP contribution in [-0.2, 0) is 26.0 Å². The van der Waals surface area contributed by atoms with E-state index in [4.69, 9.17) is 0 Å². The Morgan fingerprint density at radius 3 is 2.45 bits per heavy atom. The highest BCUT2D eigenvalue weighted by molar-refractivity contribution is 7.89. The van der Waals surface area contributed by atoms with Crippen molar-refractivity contribution in [3.8, 4) is 0 Å². The number of amides is 2. The first kappa shape index (κ1) is 21.0. The monoisotopic (exact) mass is 415 g/mol. The van der Waals surface area contributed by atoms with Crippen molar-refractivity contribution < 1.29 is 18.0 Å². The van der Waals surface area contributed by atoms with Crippen molar-refractivity contribution in [2.45, 2.75) is 50.1 Å². The normalized spacial score (nSPS) is 17.1. The number of fused-ring (bicyclic) bond motifs is 1. The van der Waals surface area contributed by atoms with Crippen molar-refractivity contribution in [2.24, 2.45) is 0 Å². The summed E-state index contributed by atoms with van der Waals surface area (Å²) in [6, 6.07) is 12.7. The van der Waals surface area contributed by atoms with Gasteiger partial charge in [-0.15, -0.1) is 0 Å². The molecule has 3 rings (SSSR count). The second kappa shape index (κ2) is 8.75. The van der Waals surface area contributed by atoms with Crippen molar-refractivity contribution in [2.75, 3.05) is 5.32 Å². The Labute approximate surface area is 171 Å². The minimum absolute atomic E-state index is 0.0225. The number of rotatable bonds is 6. The van der Waals surface area contributed by atoms with Crippen LogP contribution in [0.3, 0.4) is 0 Å². The molecule has 2 amide bonds. The molecule has 0 spiro atoms. The van der Waals surface area contributed by atoms with Crippen LogP contribution in [0, 0.1) is 0 Å². The van der Waals surface area contributed by atoms with Crippen LogP contribution in [0.2, 0.25) is 0 Å². The van der Waals surface area contributed by atoms with Gasteiger partial charge in [0.15, 0.2) is 0 Å². The molecule has 154 valence electrons. The van der Waals surface area contributed by atoms with Crippen LogP contribution in [-0.4, -0.2) is 26.3 Å². The van der Waals surface area contributed by atoms with Crippen LogP contribution in [0.25, 0.3) is 0 Å². The third-order valence-electron chi connectivity index (χ3n) is 4.90. The van der Waals surface area contributed by atoms with E-state index >= 15 is 0 Å². The van der Waals surface area contributed by atoms with Gasteiger partial charge in [0.2, 0.25) is 21.8 Å². The molecule has 2 aromatic rings. The number of carbonyl (C=O) groups is 2. The molecule has 7 nitrogen and oxygen atoms in total. The average molecular weight is 416 g/mol. The zero-order valence-corrected chi connectivity index (χ0v) is 17.3. The summed E-state index contributed by atoms with van der Waals surface area (Å²) in [7, 11) is -3.87. The van der Waals surface area contributed by atoms with E-state index in [0.29, 0.717) is 5.69 Å². The summed E-state index contributed by atoms with van der Waals surface area (Å²) >= 11 is 0. The molecule has 29 heavy (non-hydrogen) atoms. The van der Waals surface area contributed by atoms with Gasteiger partial charge in [0, 0.05) is 12.6 Å². The molecule has 0 heterocycles. The Hall–Kier alpha value is -2.71. The van der Waals surface area contributed by atoms with E-state index in [1.165, 1.54) is 43.7 Å². The van der Waals surface area contributed by atoms with Gasteiger partial charge < -0.3 is 10.6 Å². The van der Waals surface area contributed by atoms with Gasteiger partial charge in [0.05, 0.1) is 17.0 Å². The van der Waals surface area contributed by atoms with Gasteiger partial charge in [-0.05, 0) is 61.6 Å². The Balaban J connectivity index is 1.65. The van der Waals surface area contributed by atoms with E-state index in [1.807, 2.05) is 18.2 Å². The van der Waals surface area contributed by atoms with E-state index in [-0.39, 0.29) is 22.8 Å². The minimum atomic E-state index is -3.87. The average Bonchev–Trinajstić information content (AvgIpc) is 2.68. The number of aryl methyl sites for hydroxylation is 1. The van der Waals surface area contributed by atoms with Gasteiger partial charge in [0.1, 0.15) is 0 Å². The molecule has 0 saturated carbocycles. The molecule has 0 unspecified atom stereocenters. The summed E-state index contributed by atoms with van der Waals surface area (Å²) in [6.07, 6.45) is 2.79. The zero-order chi connectivity index (χ0) is 21.0. The van der Waals surface area contributed by atoms with E-state index < -0.39 is 16.1 Å². The molecule has 3 N–H and O–H groups in total. The van der Waals surface area contributed by atoms with E-state index in [9.17, 15) is 18.0 Å². The van der Waals surface area contributed by atoms with E-state index in [0.717, 1.165) is 24.8 Å². The van der Waals surface area contributed by atoms with Gasteiger partial charge in [-0.25, -0.2) is 8.42 Å². The molecule has 2 aromatic carbocycles. The third kappa shape index (κ3) is 5.21. The number of carbonyl (C=O) groups excluding carboxylic acids is 2. The van der Waals surface area contributed by atoms with Gasteiger partial charge in [-0.1, -0.05) is 24.3 Å². The number of hydrogen-bond acceptors (Lipinski definition) is 4. The molecule has 1 aliphatic rings. The molecule has 0 saturated heterocycles. The molecular weight excluding hydrogens is 390 g/mol. The highest BCUT2D eigenvalue weighted by Crippen LogP contribution is 2.29. The first-order valence-corrected chi connectivity index (χ1v) is 11.0. The molecule has 1 aliphatic carbocycles. The lowest BCUT2D eigenvalue weighted by molar-refractivity contribution is -0.123. The molecular formula is C21H25N3O4S. The van der Waals surface area contributed by atoms with Crippen LogP contribution in [0.1, 0.15) is 43.9 Å².